The van der Waals surface area contributed by atoms with Crippen molar-refractivity contribution in [1.82, 2.24) is 19.7 Å². The molecular weight excluding hydrogens is 423 g/mol. The number of amides is 1. The standard InChI is InChI=1S/C25H23FN4O3/c26-20-9-7-17(8-10-20)12-21-14-27-24(33-21)19-5-3-11-29(15-19)23(31)16-30-25(32)22-6-2-1-4-18(22)13-28-30/h1-2,4,6-10,13-14,19H,3,5,11-12,15-16H2. The number of likely N-dealkylation sites (tertiary alicyclic amines) is 1. The number of piperidine rings is 1. The van der Waals surface area contributed by atoms with Crippen molar-refractivity contribution in [1.29, 1.82) is 0 Å². The van der Waals surface area contributed by atoms with Gasteiger partial charge in [0.25, 0.3) is 5.56 Å². The molecule has 1 amide bonds. The molecule has 2 aromatic carbocycles. The van der Waals surface area contributed by atoms with Gasteiger partial charge in [0.2, 0.25) is 5.91 Å². The van der Waals surface area contributed by atoms with Gasteiger partial charge >= 0.3 is 0 Å². The summed E-state index contributed by atoms with van der Waals surface area (Å²) in [5, 5.41) is 5.47. The number of nitrogens with zero attached hydrogens (tertiary/aromatic N) is 4. The second-order valence-corrected chi connectivity index (χ2v) is 8.34. The van der Waals surface area contributed by atoms with Crippen LogP contribution in [0.5, 0.6) is 0 Å². The van der Waals surface area contributed by atoms with E-state index in [1.165, 1.54) is 16.8 Å². The smallest absolute Gasteiger partial charge is 0.275 e. The Morgan fingerprint density at radius 1 is 1.12 bits per heavy atom. The molecule has 0 aliphatic carbocycles. The summed E-state index contributed by atoms with van der Waals surface area (Å²) in [7, 11) is 0. The minimum Gasteiger partial charge on any atom is -0.445 e. The first-order valence-electron chi connectivity index (χ1n) is 11.0. The van der Waals surface area contributed by atoms with Gasteiger partial charge in [-0.2, -0.15) is 5.10 Å². The van der Waals surface area contributed by atoms with Crippen LogP contribution in [0.2, 0.25) is 0 Å². The Balaban J connectivity index is 1.26. The lowest BCUT2D eigenvalue weighted by molar-refractivity contribution is -0.133. The van der Waals surface area contributed by atoms with Crippen molar-refractivity contribution < 1.29 is 13.6 Å². The van der Waals surface area contributed by atoms with Crippen LogP contribution in [-0.2, 0) is 17.8 Å². The predicted octanol–water partition coefficient (Wildman–Crippen LogP) is 3.52. The molecule has 0 N–H and O–H groups in total. The second-order valence-electron chi connectivity index (χ2n) is 8.34. The minimum atomic E-state index is -0.273. The maximum Gasteiger partial charge on any atom is 0.275 e. The number of oxazole rings is 1. The number of halogens is 1. The van der Waals surface area contributed by atoms with Gasteiger partial charge in [0.15, 0.2) is 5.89 Å². The van der Waals surface area contributed by atoms with Gasteiger partial charge in [-0.05, 0) is 36.6 Å². The van der Waals surface area contributed by atoms with E-state index in [0.717, 1.165) is 23.8 Å². The van der Waals surface area contributed by atoms with Crippen LogP contribution in [0.3, 0.4) is 0 Å². The summed E-state index contributed by atoms with van der Waals surface area (Å²) in [6.45, 7) is 1.01. The Bertz CT molecular complexity index is 1350. The summed E-state index contributed by atoms with van der Waals surface area (Å²) in [4.78, 5) is 31.8. The van der Waals surface area contributed by atoms with E-state index < -0.39 is 0 Å². The molecule has 1 saturated heterocycles. The largest absolute Gasteiger partial charge is 0.445 e. The van der Waals surface area contributed by atoms with Gasteiger partial charge in [-0.1, -0.05) is 30.3 Å². The fourth-order valence-electron chi connectivity index (χ4n) is 4.27. The molecule has 1 aliphatic rings. The number of benzene rings is 2. The molecule has 1 fully saturated rings. The van der Waals surface area contributed by atoms with Crippen molar-refractivity contribution in [3.05, 3.63) is 94.3 Å². The number of rotatable bonds is 5. The average molecular weight is 446 g/mol. The third kappa shape index (κ3) is 4.55. The zero-order chi connectivity index (χ0) is 22.8. The molecule has 168 valence electrons. The third-order valence-electron chi connectivity index (χ3n) is 6.03. The summed E-state index contributed by atoms with van der Waals surface area (Å²) < 4.78 is 20.3. The molecule has 0 bridgehead atoms. The highest BCUT2D eigenvalue weighted by atomic mass is 19.1. The van der Waals surface area contributed by atoms with Crippen molar-refractivity contribution in [2.75, 3.05) is 13.1 Å². The first-order chi connectivity index (χ1) is 16.1. The highest BCUT2D eigenvalue weighted by Crippen LogP contribution is 2.27. The fraction of sp³-hybridized carbons (Fsp3) is 0.280. The number of carbonyl (C=O) groups is 1. The molecule has 1 atom stereocenters. The molecule has 8 heteroatoms. The molecular formula is C25H23FN4O3. The lowest BCUT2D eigenvalue weighted by atomic mass is 9.98. The van der Waals surface area contributed by atoms with E-state index in [-0.39, 0.29) is 29.7 Å². The Kier molecular flexibility index (Phi) is 5.73. The van der Waals surface area contributed by atoms with E-state index in [1.807, 2.05) is 12.1 Å². The Morgan fingerprint density at radius 2 is 1.94 bits per heavy atom. The molecule has 0 saturated carbocycles. The van der Waals surface area contributed by atoms with Crippen LogP contribution in [0.4, 0.5) is 4.39 Å². The molecule has 5 rings (SSSR count). The van der Waals surface area contributed by atoms with E-state index in [9.17, 15) is 14.0 Å². The van der Waals surface area contributed by atoms with Crippen LogP contribution in [0.1, 0.15) is 36.0 Å². The molecule has 0 spiro atoms. The van der Waals surface area contributed by atoms with Crippen molar-refractivity contribution in [2.24, 2.45) is 0 Å². The van der Waals surface area contributed by atoms with Gasteiger partial charge in [-0.25, -0.2) is 14.1 Å². The molecule has 1 aliphatic heterocycles. The van der Waals surface area contributed by atoms with Gasteiger partial charge in [0.1, 0.15) is 18.1 Å². The van der Waals surface area contributed by atoms with Crippen molar-refractivity contribution in [3.63, 3.8) is 0 Å². The van der Waals surface area contributed by atoms with Crippen LogP contribution >= 0.6 is 0 Å². The summed E-state index contributed by atoms with van der Waals surface area (Å²) >= 11 is 0. The normalized spacial score (nSPS) is 16.3. The summed E-state index contributed by atoms with van der Waals surface area (Å²) in [5.74, 6) is 0.872. The number of hydrogen-bond acceptors (Lipinski definition) is 5. The monoisotopic (exact) mass is 446 g/mol. The van der Waals surface area contributed by atoms with E-state index in [1.54, 1.807) is 41.6 Å². The first kappa shape index (κ1) is 21.1. The van der Waals surface area contributed by atoms with Gasteiger partial charge in [0, 0.05) is 24.9 Å². The first-order valence-corrected chi connectivity index (χ1v) is 11.0. The van der Waals surface area contributed by atoms with Crippen LogP contribution in [-0.4, -0.2) is 38.7 Å². The minimum absolute atomic E-state index is 0.00838. The van der Waals surface area contributed by atoms with Gasteiger partial charge in [-0.3, -0.25) is 9.59 Å². The van der Waals surface area contributed by atoms with E-state index in [0.29, 0.717) is 36.5 Å². The SMILES string of the molecule is O=C(Cn1ncc2ccccc2c1=O)N1CCCC(c2ncc(Cc3ccc(F)cc3)o2)C1. The molecule has 0 radical (unpaired) electrons. The van der Waals surface area contributed by atoms with Crippen LogP contribution in [0.25, 0.3) is 10.8 Å². The molecule has 33 heavy (non-hydrogen) atoms. The van der Waals surface area contributed by atoms with Gasteiger partial charge in [-0.15, -0.1) is 0 Å². The van der Waals surface area contributed by atoms with E-state index >= 15 is 0 Å². The van der Waals surface area contributed by atoms with Crippen molar-refractivity contribution in [2.45, 2.75) is 31.7 Å². The highest BCUT2D eigenvalue weighted by molar-refractivity contribution is 5.81. The van der Waals surface area contributed by atoms with Gasteiger partial charge in [0.05, 0.1) is 23.7 Å². The lowest BCUT2D eigenvalue weighted by Crippen LogP contribution is -2.42. The second kappa shape index (κ2) is 8.97. The molecule has 2 aromatic heterocycles. The maximum absolute atomic E-state index is 13.1. The third-order valence-corrected chi connectivity index (χ3v) is 6.03. The lowest BCUT2D eigenvalue weighted by Gasteiger charge is -2.31. The molecule has 3 heterocycles. The zero-order valence-corrected chi connectivity index (χ0v) is 18.0. The summed E-state index contributed by atoms with van der Waals surface area (Å²) in [6, 6.07) is 13.5. The van der Waals surface area contributed by atoms with Crippen molar-refractivity contribution in [3.8, 4) is 0 Å². The molecule has 4 aromatic rings. The average Bonchev–Trinajstić information content (AvgIpc) is 3.31. The molecule has 1 unspecified atom stereocenters. The van der Waals surface area contributed by atoms with E-state index in [4.69, 9.17) is 4.42 Å². The quantitative estimate of drug-likeness (QED) is 0.469. The number of aromatic nitrogens is 3. The predicted molar refractivity (Wildman–Crippen MR) is 120 cm³/mol. The topological polar surface area (TPSA) is 81.2 Å². The van der Waals surface area contributed by atoms with Crippen LogP contribution in [0.15, 0.2) is 70.1 Å². The van der Waals surface area contributed by atoms with Gasteiger partial charge < -0.3 is 9.32 Å². The van der Waals surface area contributed by atoms with Crippen LogP contribution < -0.4 is 5.56 Å². The Morgan fingerprint density at radius 3 is 2.79 bits per heavy atom. The number of fused-ring (bicyclic) bond motifs is 1. The Hall–Kier alpha value is -3.81. The van der Waals surface area contributed by atoms with E-state index in [2.05, 4.69) is 10.1 Å². The van der Waals surface area contributed by atoms with Crippen LogP contribution in [0, 0.1) is 5.82 Å². The summed E-state index contributed by atoms with van der Waals surface area (Å²) in [5.41, 5.74) is 0.668. The maximum atomic E-state index is 13.1. The Labute approximate surface area is 189 Å². The number of carbonyl (C=O) groups excluding carboxylic acids is 1. The molecule has 7 nitrogen and oxygen atoms in total. The zero-order valence-electron chi connectivity index (χ0n) is 18.0. The fourth-order valence-corrected chi connectivity index (χ4v) is 4.27. The number of hydrogen-bond donors (Lipinski definition) is 0. The summed E-state index contributed by atoms with van der Waals surface area (Å²) in [6.07, 6.45) is 5.52. The highest BCUT2D eigenvalue weighted by Gasteiger charge is 2.28. The van der Waals surface area contributed by atoms with Crippen molar-refractivity contribution >= 4 is 16.7 Å².